The van der Waals surface area contributed by atoms with Crippen LogP contribution in [0.3, 0.4) is 0 Å². The lowest BCUT2D eigenvalue weighted by molar-refractivity contribution is 0.0625. The van der Waals surface area contributed by atoms with Crippen molar-refractivity contribution >= 4 is 15.9 Å². The summed E-state index contributed by atoms with van der Waals surface area (Å²) in [5.41, 5.74) is 3.27. The Morgan fingerprint density at radius 2 is 1.89 bits per heavy atom. The lowest BCUT2D eigenvalue weighted by Crippen LogP contribution is -2.26. The van der Waals surface area contributed by atoms with Gasteiger partial charge in [-0.1, -0.05) is 21.1 Å². The maximum atomic E-state index is 9.31. The van der Waals surface area contributed by atoms with Crippen LogP contribution in [0.1, 0.15) is 35.8 Å². The molecule has 4 nitrogen and oxygen atoms in total. The zero-order valence-corrected chi connectivity index (χ0v) is 12.4. The highest BCUT2D eigenvalue weighted by atomic mass is 79.9. The molecule has 0 aliphatic heterocycles. The number of rotatable bonds is 2. The number of aryl methyl sites for hydroxylation is 2. The van der Waals surface area contributed by atoms with E-state index in [9.17, 15) is 5.11 Å². The molecule has 2 aromatic rings. The summed E-state index contributed by atoms with van der Waals surface area (Å²) in [5.74, 6) is 1.47. The van der Waals surface area contributed by atoms with Crippen LogP contribution >= 0.6 is 15.9 Å². The molecule has 1 aliphatic carbocycles. The predicted molar refractivity (Wildman–Crippen MR) is 74.9 cm³/mol. The van der Waals surface area contributed by atoms with Gasteiger partial charge in [0.25, 0.3) is 0 Å². The number of aliphatic hydroxyl groups excluding tert-OH is 1. The predicted octanol–water partition coefficient (Wildman–Crippen LogP) is 3.35. The number of halogens is 1. The molecule has 5 heteroatoms. The van der Waals surface area contributed by atoms with Gasteiger partial charge >= 0.3 is 0 Å². The number of nitrogens with zero attached hydrogens (tertiary/aromatic N) is 2. The first kappa shape index (κ1) is 12.8. The average molecular weight is 323 g/mol. The minimum atomic E-state index is -0.211. The Morgan fingerprint density at radius 3 is 2.47 bits per heavy atom. The minimum Gasteiger partial charge on any atom is -0.393 e. The number of hydrogen-bond donors (Lipinski definition) is 1. The molecule has 1 aromatic heterocycles. The van der Waals surface area contributed by atoms with Gasteiger partial charge in [-0.2, -0.15) is 4.98 Å². The molecule has 0 spiro atoms. The highest BCUT2D eigenvalue weighted by Crippen LogP contribution is 2.36. The zero-order valence-electron chi connectivity index (χ0n) is 10.9. The van der Waals surface area contributed by atoms with Crippen LogP contribution in [0.15, 0.2) is 21.1 Å². The molecule has 1 heterocycles. The summed E-state index contributed by atoms with van der Waals surface area (Å²) in [7, 11) is 0. The molecule has 0 unspecified atom stereocenters. The number of aliphatic hydroxyl groups is 1. The first-order chi connectivity index (χ1) is 9.04. The van der Waals surface area contributed by atoms with Crippen LogP contribution in [-0.4, -0.2) is 21.4 Å². The maximum absolute atomic E-state index is 9.31. The van der Waals surface area contributed by atoms with E-state index in [4.69, 9.17) is 4.52 Å². The molecule has 100 valence electrons. The van der Waals surface area contributed by atoms with Gasteiger partial charge < -0.3 is 9.63 Å². The van der Waals surface area contributed by atoms with Crippen LogP contribution in [0, 0.1) is 13.8 Å². The Morgan fingerprint density at radius 1 is 1.26 bits per heavy atom. The van der Waals surface area contributed by atoms with Crippen molar-refractivity contribution in [2.75, 3.05) is 0 Å². The monoisotopic (exact) mass is 322 g/mol. The average Bonchev–Trinajstić information content (AvgIpc) is 2.80. The third-order valence-electron chi connectivity index (χ3n) is 3.60. The van der Waals surface area contributed by atoms with E-state index in [1.807, 2.05) is 26.0 Å². The zero-order chi connectivity index (χ0) is 13.6. The van der Waals surface area contributed by atoms with Gasteiger partial charge in [-0.05, 0) is 49.9 Å². The molecule has 0 atom stereocenters. The van der Waals surface area contributed by atoms with E-state index >= 15 is 0 Å². The third kappa shape index (κ3) is 2.32. The maximum Gasteiger partial charge on any atom is 0.230 e. The van der Waals surface area contributed by atoms with Crippen molar-refractivity contribution in [1.82, 2.24) is 10.1 Å². The van der Waals surface area contributed by atoms with Crippen LogP contribution in [0.5, 0.6) is 0 Å². The lowest BCUT2D eigenvalue weighted by atomic mass is 9.82. The second-order valence-corrected chi connectivity index (χ2v) is 6.00. The van der Waals surface area contributed by atoms with Gasteiger partial charge in [-0.3, -0.25) is 0 Å². The van der Waals surface area contributed by atoms with Crippen molar-refractivity contribution in [3.8, 4) is 11.4 Å². The van der Waals surface area contributed by atoms with Gasteiger partial charge in [0.15, 0.2) is 0 Å². The van der Waals surface area contributed by atoms with Gasteiger partial charge in [0.05, 0.1) is 6.10 Å². The first-order valence-corrected chi connectivity index (χ1v) is 7.12. The summed E-state index contributed by atoms with van der Waals surface area (Å²) in [6.07, 6.45) is 1.23. The molecule has 19 heavy (non-hydrogen) atoms. The van der Waals surface area contributed by atoms with Gasteiger partial charge in [0, 0.05) is 16.0 Å². The number of benzene rings is 1. The molecule has 1 N–H and O–H groups in total. The Bertz CT molecular complexity index is 595. The third-order valence-corrected chi connectivity index (χ3v) is 4.85. The normalized spacial score (nSPS) is 22.3. The highest BCUT2D eigenvalue weighted by molar-refractivity contribution is 9.10. The second-order valence-electron chi connectivity index (χ2n) is 5.20. The molecule has 1 aromatic carbocycles. The van der Waals surface area contributed by atoms with E-state index in [0.29, 0.717) is 11.7 Å². The van der Waals surface area contributed by atoms with E-state index < -0.39 is 0 Å². The van der Waals surface area contributed by atoms with Crippen molar-refractivity contribution in [3.63, 3.8) is 0 Å². The molecule has 0 amide bonds. The van der Waals surface area contributed by atoms with E-state index in [1.165, 1.54) is 0 Å². The summed E-state index contributed by atoms with van der Waals surface area (Å²) >= 11 is 3.55. The van der Waals surface area contributed by atoms with Crippen molar-refractivity contribution < 1.29 is 9.63 Å². The quantitative estimate of drug-likeness (QED) is 0.921. The fourth-order valence-corrected chi connectivity index (χ4v) is 2.61. The Labute approximate surface area is 120 Å². The summed E-state index contributed by atoms with van der Waals surface area (Å²) in [6, 6.07) is 4.09. The van der Waals surface area contributed by atoms with E-state index in [-0.39, 0.29) is 12.0 Å². The molecule has 0 radical (unpaired) electrons. The molecule has 1 saturated carbocycles. The van der Waals surface area contributed by atoms with Crippen molar-refractivity contribution in [2.45, 2.75) is 38.7 Å². The highest BCUT2D eigenvalue weighted by Gasteiger charge is 2.33. The molecule has 0 bridgehead atoms. The Hall–Kier alpha value is -1.20. The second kappa shape index (κ2) is 4.72. The van der Waals surface area contributed by atoms with Crippen molar-refractivity contribution in [2.24, 2.45) is 0 Å². The molecule has 1 aliphatic rings. The Balaban J connectivity index is 1.90. The van der Waals surface area contributed by atoms with Gasteiger partial charge in [0.1, 0.15) is 0 Å². The van der Waals surface area contributed by atoms with Gasteiger partial charge in [-0.15, -0.1) is 0 Å². The van der Waals surface area contributed by atoms with Crippen molar-refractivity contribution in [3.05, 3.63) is 33.6 Å². The molecule has 3 rings (SSSR count). The largest absolute Gasteiger partial charge is 0.393 e. The minimum absolute atomic E-state index is 0.211. The number of hydrogen-bond acceptors (Lipinski definition) is 4. The van der Waals surface area contributed by atoms with Crippen LogP contribution in [0.25, 0.3) is 11.4 Å². The van der Waals surface area contributed by atoms with Crippen LogP contribution in [0.2, 0.25) is 0 Å². The van der Waals surface area contributed by atoms with Crippen LogP contribution in [-0.2, 0) is 0 Å². The smallest absolute Gasteiger partial charge is 0.230 e. The SMILES string of the molecule is Cc1cc(-c2noc(C3CC(O)C3)n2)cc(C)c1Br. The summed E-state index contributed by atoms with van der Waals surface area (Å²) < 4.78 is 6.41. The molecule has 0 saturated heterocycles. The van der Waals surface area contributed by atoms with Crippen molar-refractivity contribution in [1.29, 1.82) is 0 Å². The summed E-state index contributed by atoms with van der Waals surface area (Å²) in [6.45, 7) is 4.09. The fourth-order valence-electron chi connectivity index (χ4n) is 2.38. The molecular formula is C14H15BrN2O2. The Kier molecular flexibility index (Phi) is 3.19. The topological polar surface area (TPSA) is 59.2 Å². The molecular weight excluding hydrogens is 308 g/mol. The summed E-state index contributed by atoms with van der Waals surface area (Å²) in [5, 5.41) is 13.4. The van der Waals surface area contributed by atoms with E-state index in [2.05, 4.69) is 26.1 Å². The van der Waals surface area contributed by atoms with Gasteiger partial charge in [0.2, 0.25) is 11.7 Å². The van der Waals surface area contributed by atoms with E-state index in [1.54, 1.807) is 0 Å². The van der Waals surface area contributed by atoms with E-state index in [0.717, 1.165) is 34.0 Å². The number of aromatic nitrogens is 2. The lowest BCUT2D eigenvalue weighted by Gasteiger charge is -2.27. The summed E-state index contributed by atoms with van der Waals surface area (Å²) in [4.78, 5) is 4.44. The van der Waals surface area contributed by atoms with Gasteiger partial charge in [-0.25, -0.2) is 0 Å². The fraction of sp³-hybridized carbons (Fsp3) is 0.429. The standard InChI is InChI=1S/C14H15BrN2O2/c1-7-3-9(4-8(2)12(7)15)13-16-14(19-17-13)10-5-11(18)6-10/h3-4,10-11,18H,5-6H2,1-2H3. The first-order valence-electron chi connectivity index (χ1n) is 6.33. The molecule has 1 fully saturated rings. The van der Waals surface area contributed by atoms with Crippen LogP contribution < -0.4 is 0 Å². The van der Waals surface area contributed by atoms with Crippen LogP contribution in [0.4, 0.5) is 0 Å².